The number of aryl methyl sites for hydroxylation is 1. The number of rotatable bonds is 5. The fourth-order valence-corrected chi connectivity index (χ4v) is 2.96. The van der Waals surface area contributed by atoms with Gasteiger partial charge in [-0.15, -0.1) is 12.4 Å². The van der Waals surface area contributed by atoms with Crippen LogP contribution in [0.25, 0.3) is 0 Å². The van der Waals surface area contributed by atoms with Gasteiger partial charge in [-0.25, -0.2) is 12.7 Å². The van der Waals surface area contributed by atoms with Crippen molar-refractivity contribution in [1.29, 1.82) is 0 Å². The van der Waals surface area contributed by atoms with Crippen LogP contribution in [0.3, 0.4) is 0 Å². The fraction of sp³-hybridized carbons (Fsp3) is 0.500. The average Bonchev–Trinajstić information content (AvgIpc) is 2.88. The van der Waals surface area contributed by atoms with Crippen molar-refractivity contribution in [2.24, 2.45) is 0 Å². The molecule has 7 nitrogen and oxygen atoms in total. The molecule has 23 heavy (non-hydrogen) atoms. The lowest BCUT2D eigenvalue weighted by atomic mass is 10.1. The smallest absolute Gasteiger partial charge is 0.275 e. The van der Waals surface area contributed by atoms with E-state index in [1.165, 1.54) is 20.2 Å². The van der Waals surface area contributed by atoms with E-state index < -0.39 is 10.0 Å². The van der Waals surface area contributed by atoms with Crippen molar-refractivity contribution in [3.05, 3.63) is 29.0 Å². The van der Waals surface area contributed by atoms with Crippen LogP contribution in [-0.2, 0) is 10.0 Å². The summed E-state index contributed by atoms with van der Waals surface area (Å²) in [6, 6.07) is 1.27. The molecule has 0 radical (unpaired) electrons. The highest BCUT2D eigenvalue weighted by atomic mass is 35.5. The van der Waals surface area contributed by atoms with Crippen molar-refractivity contribution in [2.75, 3.05) is 33.7 Å². The maximum absolute atomic E-state index is 12.2. The summed E-state index contributed by atoms with van der Waals surface area (Å²) in [6.07, 6.45) is 2.94. The highest BCUT2D eigenvalue weighted by Crippen LogP contribution is 2.21. The van der Waals surface area contributed by atoms with Gasteiger partial charge in [0.05, 0.1) is 5.56 Å². The largest absolute Gasteiger partial charge is 0.448 e. The Hall–Kier alpha value is -1.35. The fourth-order valence-electron chi connectivity index (χ4n) is 2.11. The zero-order valence-electron chi connectivity index (χ0n) is 13.4. The number of carbonyl (C=O) groups is 1. The van der Waals surface area contributed by atoms with Crippen LogP contribution in [0.1, 0.15) is 22.5 Å². The molecule has 0 aliphatic carbocycles. The molecule has 0 saturated heterocycles. The number of furan rings is 1. The third kappa shape index (κ3) is 4.57. The zero-order valence-corrected chi connectivity index (χ0v) is 15.0. The zero-order chi connectivity index (χ0) is 16.3. The van der Waals surface area contributed by atoms with Crippen LogP contribution in [0.5, 0.6) is 0 Å². The molecule has 0 aromatic carbocycles. The molecule has 0 saturated carbocycles. The van der Waals surface area contributed by atoms with Crippen molar-refractivity contribution in [2.45, 2.75) is 18.4 Å². The normalized spacial score (nSPS) is 15.0. The number of nitrogens with zero attached hydrogens (tertiary/aromatic N) is 1. The van der Waals surface area contributed by atoms with E-state index in [1.807, 2.05) is 6.08 Å². The Morgan fingerprint density at radius 2 is 2.13 bits per heavy atom. The summed E-state index contributed by atoms with van der Waals surface area (Å²) in [5, 5.41) is 5.78. The van der Waals surface area contributed by atoms with Gasteiger partial charge in [-0.1, -0.05) is 11.6 Å². The van der Waals surface area contributed by atoms with Gasteiger partial charge < -0.3 is 15.1 Å². The van der Waals surface area contributed by atoms with Gasteiger partial charge in [0.15, 0.2) is 0 Å². The lowest BCUT2D eigenvalue weighted by Crippen LogP contribution is -2.29. The molecule has 1 aliphatic rings. The predicted octanol–water partition coefficient (Wildman–Crippen LogP) is 0.910. The molecule has 1 aliphatic heterocycles. The molecule has 2 N–H and O–H groups in total. The molecule has 0 fully saturated rings. The van der Waals surface area contributed by atoms with Gasteiger partial charge in [-0.3, -0.25) is 4.79 Å². The molecule has 0 spiro atoms. The van der Waals surface area contributed by atoms with E-state index in [1.54, 1.807) is 6.92 Å². The Balaban J connectivity index is 0.00000264. The van der Waals surface area contributed by atoms with Crippen molar-refractivity contribution >= 4 is 28.3 Å². The lowest BCUT2D eigenvalue weighted by molar-refractivity contribution is 0.0955. The van der Waals surface area contributed by atoms with Gasteiger partial charge in [0.1, 0.15) is 5.76 Å². The lowest BCUT2D eigenvalue weighted by Gasteiger charge is -2.14. The number of hydrogen-bond donors (Lipinski definition) is 2. The van der Waals surface area contributed by atoms with E-state index in [0.717, 1.165) is 29.4 Å². The predicted molar refractivity (Wildman–Crippen MR) is 89.5 cm³/mol. The highest BCUT2D eigenvalue weighted by Gasteiger charge is 2.25. The molecule has 1 aromatic rings. The van der Waals surface area contributed by atoms with E-state index in [2.05, 4.69) is 10.6 Å². The van der Waals surface area contributed by atoms with Gasteiger partial charge >= 0.3 is 0 Å². The first kappa shape index (κ1) is 19.7. The standard InChI is InChI=1S/C14H21N3O4S.ClH/c1-10-12(8-13(21-10)22(19,20)17(2)3)14(18)16-9-11-4-6-15-7-5-11;/h4,8,15H,5-7,9H2,1-3H3,(H,16,18);1H. The van der Waals surface area contributed by atoms with Crippen molar-refractivity contribution < 1.29 is 17.6 Å². The molecular weight excluding hydrogens is 342 g/mol. The molecular formula is C14H22ClN3O4S. The number of sulfonamides is 1. The third-order valence-corrected chi connectivity index (χ3v) is 5.18. The molecule has 0 unspecified atom stereocenters. The average molecular weight is 364 g/mol. The molecule has 1 amide bonds. The number of halogens is 1. The van der Waals surface area contributed by atoms with Crippen molar-refractivity contribution in [3.8, 4) is 0 Å². The summed E-state index contributed by atoms with van der Waals surface area (Å²) < 4.78 is 30.3. The van der Waals surface area contributed by atoms with E-state index in [-0.39, 0.29) is 34.7 Å². The van der Waals surface area contributed by atoms with Crippen LogP contribution in [-0.4, -0.2) is 52.4 Å². The van der Waals surface area contributed by atoms with Crippen LogP contribution in [0.15, 0.2) is 27.2 Å². The Bertz CT molecular complexity index is 695. The Labute approximate surface area is 142 Å². The van der Waals surface area contributed by atoms with Gasteiger partial charge in [0.25, 0.3) is 15.9 Å². The van der Waals surface area contributed by atoms with Crippen LogP contribution in [0, 0.1) is 6.92 Å². The first-order valence-corrected chi connectivity index (χ1v) is 8.46. The van der Waals surface area contributed by atoms with Crippen molar-refractivity contribution in [1.82, 2.24) is 14.9 Å². The van der Waals surface area contributed by atoms with Crippen LogP contribution >= 0.6 is 12.4 Å². The summed E-state index contributed by atoms with van der Waals surface area (Å²) in [4.78, 5) is 12.2. The topological polar surface area (TPSA) is 91.7 Å². The molecule has 130 valence electrons. The minimum absolute atomic E-state index is 0. The van der Waals surface area contributed by atoms with Crippen LogP contribution < -0.4 is 10.6 Å². The second-order valence-corrected chi connectivity index (χ2v) is 7.40. The second-order valence-electron chi connectivity index (χ2n) is 5.32. The monoisotopic (exact) mass is 363 g/mol. The number of nitrogens with one attached hydrogen (secondary N) is 2. The SMILES string of the molecule is Cc1oc(S(=O)(=O)N(C)C)cc1C(=O)NCC1=CCNCC1.Cl. The molecule has 1 aromatic heterocycles. The molecule has 0 bridgehead atoms. The molecule has 0 atom stereocenters. The van der Waals surface area contributed by atoms with E-state index in [9.17, 15) is 13.2 Å². The Morgan fingerprint density at radius 1 is 1.43 bits per heavy atom. The van der Waals surface area contributed by atoms with Gasteiger partial charge in [0, 0.05) is 33.3 Å². The van der Waals surface area contributed by atoms with E-state index in [4.69, 9.17) is 4.42 Å². The maximum atomic E-state index is 12.2. The Morgan fingerprint density at radius 3 is 2.70 bits per heavy atom. The second kappa shape index (κ2) is 7.96. The summed E-state index contributed by atoms with van der Waals surface area (Å²) >= 11 is 0. The first-order chi connectivity index (χ1) is 10.3. The molecule has 2 rings (SSSR count). The summed E-state index contributed by atoms with van der Waals surface area (Å²) in [5.74, 6) is -0.0434. The maximum Gasteiger partial charge on any atom is 0.275 e. The van der Waals surface area contributed by atoms with Crippen molar-refractivity contribution in [3.63, 3.8) is 0 Å². The minimum atomic E-state index is -3.68. The molecule has 2 heterocycles. The number of carbonyl (C=O) groups excluding carboxylic acids is 1. The van der Waals surface area contributed by atoms with Crippen LogP contribution in [0.4, 0.5) is 0 Å². The van der Waals surface area contributed by atoms with Gasteiger partial charge in [-0.05, 0) is 19.9 Å². The van der Waals surface area contributed by atoms with E-state index in [0.29, 0.717) is 6.54 Å². The van der Waals surface area contributed by atoms with Gasteiger partial charge in [0.2, 0.25) is 5.09 Å². The Kier molecular flexibility index (Phi) is 6.82. The number of hydrogen-bond acceptors (Lipinski definition) is 5. The number of amides is 1. The third-order valence-electron chi connectivity index (χ3n) is 3.51. The summed E-state index contributed by atoms with van der Waals surface area (Å²) in [7, 11) is -0.854. The first-order valence-electron chi connectivity index (χ1n) is 7.02. The quantitative estimate of drug-likeness (QED) is 0.759. The summed E-state index contributed by atoms with van der Waals surface area (Å²) in [6.45, 7) is 3.74. The van der Waals surface area contributed by atoms with Gasteiger partial charge in [-0.2, -0.15) is 0 Å². The minimum Gasteiger partial charge on any atom is -0.448 e. The van der Waals surface area contributed by atoms with Crippen LogP contribution in [0.2, 0.25) is 0 Å². The highest BCUT2D eigenvalue weighted by molar-refractivity contribution is 7.88. The molecule has 9 heteroatoms. The van der Waals surface area contributed by atoms with E-state index >= 15 is 0 Å². The summed E-state index contributed by atoms with van der Waals surface area (Å²) in [5.41, 5.74) is 1.41.